The van der Waals surface area contributed by atoms with E-state index in [1.54, 1.807) is 15.3 Å². The third-order valence-electron chi connectivity index (χ3n) is 5.63. The Bertz CT molecular complexity index is 1110. The summed E-state index contributed by atoms with van der Waals surface area (Å²) >= 11 is 0. The minimum atomic E-state index is -0.324. The number of fused-ring (bicyclic) bond motifs is 1. The second-order valence-electron chi connectivity index (χ2n) is 9.08. The Balaban J connectivity index is 1.57. The number of hydrogen-bond acceptors (Lipinski definition) is 4. The van der Waals surface area contributed by atoms with Crippen molar-refractivity contribution in [1.82, 2.24) is 29.4 Å². The second-order valence-corrected chi connectivity index (χ2v) is 9.08. The zero-order valence-electron chi connectivity index (χ0n) is 18.1. The van der Waals surface area contributed by atoms with E-state index in [-0.39, 0.29) is 29.3 Å². The van der Waals surface area contributed by atoms with Crippen molar-refractivity contribution in [3.8, 4) is 0 Å². The van der Waals surface area contributed by atoms with Crippen LogP contribution < -0.4 is 5.32 Å². The van der Waals surface area contributed by atoms with Crippen LogP contribution in [0.15, 0.2) is 36.9 Å². The number of aromatic nitrogens is 4. The summed E-state index contributed by atoms with van der Waals surface area (Å²) in [6, 6.07) is 3.73. The number of imidazole rings is 1. The molecule has 2 atom stereocenters. The highest BCUT2D eigenvalue weighted by molar-refractivity contribution is 5.93. The van der Waals surface area contributed by atoms with Gasteiger partial charge in [0.25, 0.3) is 5.91 Å². The molecular weight excluding hydrogens is 380 g/mol. The van der Waals surface area contributed by atoms with Crippen LogP contribution in [0.2, 0.25) is 0 Å². The van der Waals surface area contributed by atoms with Gasteiger partial charge in [-0.25, -0.2) is 4.98 Å². The molecule has 3 aromatic heterocycles. The number of carbonyl (C=O) groups is 2. The van der Waals surface area contributed by atoms with Crippen molar-refractivity contribution in [3.63, 3.8) is 0 Å². The number of pyridine rings is 1. The van der Waals surface area contributed by atoms with E-state index in [0.717, 1.165) is 16.8 Å². The van der Waals surface area contributed by atoms with E-state index in [2.05, 4.69) is 15.4 Å². The average Bonchev–Trinajstić information content (AvgIpc) is 3.35. The van der Waals surface area contributed by atoms with Crippen molar-refractivity contribution in [2.75, 3.05) is 6.54 Å². The Hall–Kier alpha value is -3.16. The van der Waals surface area contributed by atoms with Crippen molar-refractivity contribution in [2.45, 2.75) is 45.7 Å². The van der Waals surface area contributed by atoms with Gasteiger partial charge in [-0.05, 0) is 39.3 Å². The van der Waals surface area contributed by atoms with Crippen LogP contribution in [0.5, 0.6) is 0 Å². The lowest BCUT2D eigenvalue weighted by Crippen LogP contribution is -2.44. The van der Waals surface area contributed by atoms with Crippen LogP contribution in [0.4, 0.5) is 0 Å². The molecule has 1 fully saturated rings. The molecule has 8 nitrogen and oxygen atoms in total. The first kappa shape index (κ1) is 20.1. The summed E-state index contributed by atoms with van der Waals surface area (Å²) in [4.78, 5) is 32.0. The maximum Gasteiger partial charge on any atom is 0.269 e. The summed E-state index contributed by atoms with van der Waals surface area (Å²) < 4.78 is 3.54. The van der Waals surface area contributed by atoms with E-state index in [0.29, 0.717) is 18.7 Å². The zero-order valence-corrected chi connectivity index (χ0v) is 18.1. The van der Waals surface area contributed by atoms with Crippen LogP contribution in [0.3, 0.4) is 0 Å². The highest BCUT2D eigenvalue weighted by atomic mass is 16.2. The molecule has 8 heteroatoms. The molecule has 1 aliphatic rings. The molecule has 0 spiro atoms. The molecule has 4 rings (SSSR count). The standard InChI is InChI=1S/C22H28N6O2/c1-14-6-7-18-23-11-17(27(18)12-14)21(30)24-9-15-8-19(29)28(22(2,3)4)20(15)16-10-25-26(5)13-16/h6-7,10-13,15,20H,8-9H2,1-5H3,(H,24,30)/t15-,20+/m0/s1. The summed E-state index contributed by atoms with van der Waals surface area (Å²) in [5, 5.41) is 7.33. The maximum absolute atomic E-state index is 12.9. The van der Waals surface area contributed by atoms with Crippen LogP contribution in [-0.2, 0) is 11.8 Å². The smallest absolute Gasteiger partial charge is 0.269 e. The molecule has 1 saturated heterocycles. The number of likely N-dealkylation sites (tertiary alicyclic amines) is 1. The van der Waals surface area contributed by atoms with Crippen LogP contribution >= 0.6 is 0 Å². The van der Waals surface area contributed by atoms with Gasteiger partial charge in [0.15, 0.2) is 0 Å². The van der Waals surface area contributed by atoms with Gasteiger partial charge >= 0.3 is 0 Å². The molecule has 1 aliphatic heterocycles. The lowest BCUT2D eigenvalue weighted by molar-refractivity contribution is -0.133. The van der Waals surface area contributed by atoms with E-state index in [1.807, 2.05) is 70.4 Å². The summed E-state index contributed by atoms with van der Waals surface area (Å²) in [6.45, 7) is 8.49. The van der Waals surface area contributed by atoms with Gasteiger partial charge in [0.05, 0.1) is 18.4 Å². The van der Waals surface area contributed by atoms with Crippen molar-refractivity contribution >= 4 is 17.5 Å². The predicted octanol–water partition coefficient (Wildman–Crippen LogP) is 2.49. The first-order chi connectivity index (χ1) is 14.1. The van der Waals surface area contributed by atoms with E-state index < -0.39 is 0 Å². The van der Waals surface area contributed by atoms with Crippen LogP contribution in [0, 0.1) is 12.8 Å². The Morgan fingerprint density at radius 1 is 1.23 bits per heavy atom. The molecule has 2 amide bonds. The van der Waals surface area contributed by atoms with Gasteiger partial charge in [-0.15, -0.1) is 0 Å². The molecule has 158 valence electrons. The normalized spacial score (nSPS) is 19.6. The van der Waals surface area contributed by atoms with Crippen LogP contribution in [0.1, 0.15) is 54.8 Å². The Kier molecular flexibility index (Phi) is 4.88. The quantitative estimate of drug-likeness (QED) is 0.719. The molecule has 0 bridgehead atoms. The lowest BCUT2D eigenvalue weighted by atomic mass is 9.93. The third-order valence-corrected chi connectivity index (χ3v) is 5.63. The molecule has 0 radical (unpaired) electrons. The Morgan fingerprint density at radius 2 is 2.00 bits per heavy atom. The molecular formula is C22H28N6O2. The first-order valence-electron chi connectivity index (χ1n) is 10.2. The fourth-order valence-corrected chi connectivity index (χ4v) is 4.36. The van der Waals surface area contributed by atoms with E-state index >= 15 is 0 Å². The number of nitrogens with zero attached hydrogens (tertiary/aromatic N) is 5. The summed E-state index contributed by atoms with van der Waals surface area (Å²) in [7, 11) is 1.87. The van der Waals surface area contributed by atoms with Gasteiger partial charge < -0.3 is 10.2 Å². The van der Waals surface area contributed by atoms with Crippen molar-refractivity contribution in [2.24, 2.45) is 13.0 Å². The monoisotopic (exact) mass is 408 g/mol. The third kappa shape index (κ3) is 3.58. The molecule has 3 aromatic rings. The number of carbonyl (C=O) groups excluding carboxylic acids is 2. The lowest BCUT2D eigenvalue weighted by Gasteiger charge is -2.38. The SMILES string of the molecule is Cc1ccc2ncc(C(=O)NC[C@@H]3CC(=O)N(C(C)(C)C)[C@H]3c3cnn(C)c3)n2c1. The zero-order chi connectivity index (χ0) is 21.6. The van der Waals surface area contributed by atoms with Crippen molar-refractivity contribution < 1.29 is 9.59 Å². The Morgan fingerprint density at radius 3 is 2.67 bits per heavy atom. The minimum absolute atomic E-state index is 0.0363. The topological polar surface area (TPSA) is 84.5 Å². The number of hydrogen-bond donors (Lipinski definition) is 1. The predicted molar refractivity (Wildman–Crippen MR) is 113 cm³/mol. The van der Waals surface area contributed by atoms with Gasteiger partial charge in [-0.1, -0.05) is 6.07 Å². The summed E-state index contributed by atoms with van der Waals surface area (Å²) in [5.41, 5.74) is 2.93. The highest BCUT2D eigenvalue weighted by Gasteiger charge is 2.45. The van der Waals surface area contributed by atoms with Gasteiger partial charge in [0.1, 0.15) is 11.3 Å². The van der Waals surface area contributed by atoms with Gasteiger partial charge in [0.2, 0.25) is 5.91 Å². The largest absolute Gasteiger partial charge is 0.350 e. The van der Waals surface area contributed by atoms with Gasteiger partial charge in [-0.2, -0.15) is 5.10 Å². The number of rotatable bonds is 4. The van der Waals surface area contributed by atoms with Crippen LogP contribution in [0.25, 0.3) is 5.65 Å². The molecule has 1 N–H and O–H groups in total. The van der Waals surface area contributed by atoms with Gasteiger partial charge in [0, 0.05) is 49.4 Å². The van der Waals surface area contributed by atoms with E-state index in [4.69, 9.17) is 0 Å². The number of aryl methyl sites for hydroxylation is 2. The van der Waals surface area contributed by atoms with E-state index in [1.165, 1.54) is 0 Å². The van der Waals surface area contributed by atoms with Crippen molar-refractivity contribution in [1.29, 1.82) is 0 Å². The molecule has 0 unspecified atom stereocenters. The molecule has 0 aliphatic carbocycles. The van der Waals surface area contributed by atoms with E-state index in [9.17, 15) is 9.59 Å². The number of nitrogens with one attached hydrogen (secondary N) is 1. The number of amides is 2. The minimum Gasteiger partial charge on any atom is -0.350 e. The molecule has 0 saturated carbocycles. The summed E-state index contributed by atoms with van der Waals surface area (Å²) in [5.74, 6) is -0.133. The Labute approximate surface area is 175 Å². The fourth-order valence-electron chi connectivity index (χ4n) is 4.36. The maximum atomic E-state index is 12.9. The molecule has 4 heterocycles. The molecule has 0 aromatic carbocycles. The second kappa shape index (κ2) is 7.27. The van der Waals surface area contributed by atoms with Crippen LogP contribution in [-0.4, -0.2) is 48.0 Å². The fraction of sp³-hybridized carbons (Fsp3) is 0.455. The van der Waals surface area contributed by atoms with Gasteiger partial charge in [-0.3, -0.25) is 18.7 Å². The first-order valence-corrected chi connectivity index (χ1v) is 10.2. The highest BCUT2D eigenvalue weighted by Crippen LogP contribution is 2.42. The van der Waals surface area contributed by atoms with Crippen molar-refractivity contribution in [3.05, 3.63) is 53.7 Å². The summed E-state index contributed by atoms with van der Waals surface area (Å²) in [6.07, 6.45) is 7.64. The molecule has 30 heavy (non-hydrogen) atoms. The average molecular weight is 409 g/mol.